The SMILES string of the molecule is Cc1nn(C)c(NC(CC(=O)O)C(=O)O)c1[N+](=O)[O-]. The van der Waals surface area contributed by atoms with E-state index in [-0.39, 0.29) is 17.2 Å². The van der Waals surface area contributed by atoms with Crippen molar-refractivity contribution in [3.8, 4) is 0 Å². The summed E-state index contributed by atoms with van der Waals surface area (Å²) in [5, 5.41) is 34.5. The lowest BCUT2D eigenvalue weighted by Gasteiger charge is -2.12. The first-order valence-corrected chi connectivity index (χ1v) is 5.13. The van der Waals surface area contributed by atoms with Crippen molar-refractivity contribution in [1.82, 2.24) is 9.78 Å². The fourth-order valence-electron chi connectivity index (χ4n) is 1.57. The fraction of sp³-hybridized carbons (Fsp3) is 0.444. The van der Waals surface area contributed by atoms with E-state index in [0.717, 1.165) is 4.68 Å². The standard InChI is InChI=1S/C9H12N4O6/c1-4-7(13(18)19)8(12(2)11-4)10-5(9(16)17)3-6(14)15/h5,10H,3H2,1-2H3,(H,14,15)(H,16,17). The van der Waals surface area contributed by atoms with Crippen LogP contribution in [0.2, 0.25) is 0 Å². The van der Waals surface area contributed by atoms with Crippen LogP contribution in [0.3, 0.4) is 0 Å². The Morgan fingerprint density at radius 3 is 2.53 bits per heavy atom. The Bertz CT molecular complexity index is 537. The maximum Gasteiger partial charge on any atom is 0.333 e. The van der Waals surface area contributed by atoms with Crippen molar-refractivity contribution in [2.24, 2.45) is 7.05 Å². The molecule has 1 unspecified atom stereocenters. The van der Waals surface area contributed by atoms with Gasteiger partial charge in [0.15, 0.2) is 0 Å². The number of hydrogen-bond acceptors (Lipinski definition) is 6. The van der Waals surface area contributed by atoms with Crippen LogP contribution in [0.1, 0.15) is 12.1 Å². The third-order valence-electron chi connectivity index (χ3n) is 2.36. The highest BCUT2D eigenvalue weighted by molar-refractivity contribution is 5.84. The molecule has 1 atom stereocenters. The van der Waals surface area contributed by atoms with Gasteiger partial charge in [0.25, 0.3) is 0 Å². The quantitative estimate of drug-likeness (QED) is 0.483. The first-order valence-electron chi connectivity index (χ1n) is 5.13. The number of aliphatic carboxylic acids is 2. The van der Waals surface area contributed by atoms with Crippen LogP contribution in [0.25, 0.3) is 0 Å². The van der Waals surface area contributed by atoms with Gasteiger partial charge < -0.3 is 15.5 Å². The van der Waals surface area contributed by atoms with Gasteiger partial charge >= 0.3 is 17.6 Å². The van der Waals surface area contributed by atoms with Gasteiger partial charge in [-0.05, 0) is 6.92 Å². The Labute approximate surface area is 106 Å². The topological polar surface area (TPSA) is 148 Å². The number of nitrogens with zero attached hydrogens (tertiary/aromatic N) is 3. The average molecular weight is 272 g/mol. The Morgan fingerprint density at radius 1 is 1.53 bits per heavy atom. The lowest BCUT2D eigenvalue weighted by atomic mass is 10.2. The van der Waals surface area contributed by atoms with Gasteiger partial charge in [0.2, 0.25) is 5.82 Å². The number of aromatic nitrogens is 2. The van der Waals surface area contributed by atoms with Gasteiger partial charge in [0.05, 0.1) is 11.3 Å². The Kier molecular flexibility index (Phi) is 4.04. The van der Waals surface area contributed by atoms with E-state index in [1.165, 1.54) is 14.0 Å². The summed E-state index contributed by atoms with van der Waals surface area (Å²) >= 11 is 0. The van der Waals surface area contributed by atoms with E-state index in [1.54, 1.807) is 0 Å². The maximum atomic E-state index is 10.9. The summed E-state index contributed by atoms with van der Waals surface area (Å²) in [5.41, 5.74) is -0.270. The number of carboxylic acid groups (broad SMARTS) is 2. The molecule has 0 aromatic carbocycles. The summed E-state index contributed by atoms with van der Waals surface area (Å²) in [6.45, 7) is 1.40. The Hall–Kier alpha value is -2.65. The van der Waals surface area contributed by atoms with Crippen molar-refractivity contribution in [3.05, 3.63) is 15.8 Å². The van der Waals surface area contributed by atoms with Crippen molar-refractivity contribution in [2.75, 3.05) is 5.32 Å². The third-order valence-corrected chi connectivity index (χ3v) is 2.36. The Balaban J connectivity index is 3.12. The highest BCUT2D eigenvalue weighted by Crippen LogP contribution is 2.28. The summed E-state index contributed by atoms with van der Waals surface area (Å²) in [5.74, 6) is -2.90. The molecule has 1 rings (SSSR count). The third kappa shape index (κ3) is 3.18. The number of nitro groups is 1. The largest absolute Gasteiger partial charge is 0.481 e. The fourth-order valence-corrected chi connectivity index (χ4v) is 1.57. The highest BCUT2D eigenvalue weighted by atomic mass is 16.6. The van der Waals surface area contributed by atoms with Crippen LogP contribution >= 0.6 is 0 Å². The first kappa shape index (κ1) is 14.4. The summed E-state index contributed by atoms with van der Waals surface area (Å²) in [6.07, 6.45) is -0.712. The molecule has 0 bridgehead atoms. The number of nitrogens with one attached hydrogen (secondary N) is 1. The molecule has 3 N–H and O–H groups in total. The van der Waals surface area contributed by atoms with E-state index >= 15 is 0 Å². The lowest BCUT2D eigenvalue weighted by molar-refractivity contribution is -0.384. The highest BCUT2D eigenvalue weighted by Gasteiger charge is 2.29. The van der Waals surface area contributed by atoms with Gasteiger partial charge in [0, 0.05) is 7.05 Å². The van der Waals surface area contributed by atoms with Crippen molar-refractivity contribution in [3.63, 3.8) is 0 Å². The second kappa shape index (κ2) is 5.33. The summed E-state index contributed by atoms with van der Waals surface area (Å²) in [4.78, 5) is 31.6. The van der Waals surface area contributed by atoms with E-state index < -0.39 is 29.3 Å². The van der Waals surface area contributed by atoms with E-state index in [9.17, 15) is 19.7 Å². The minimum absolute atomic E-state index is 0.106. The molecule has 0 saturated heterocycles. The molecule has 0 amide bonds. The molecule has 1 aromatic rings. The molecule has 0 radical (unpaired) electrons. The van der Waals surface area contributed by atoms with Gasteiger partial charge in [-0.1, -0.05) is 0 Å². The van der Waals surface area contributed by atoms with Gasteiger partial charge in [-0.25, -0.2) is 9.48 Å². The molecule has 0 fully saturated rings. The van der Waals surface area contributed by atoms with Gasteiger partial charge in [-0.3, -0.25) is 14.9 Å². The van der Waals surface area contributed by atoms with Crippen LogP contribution < -0.4 is 5.32 Å². The van der Waals surface area contributed by atoms with Crippen LogP contribution in [-0.4, -0.2) is 42.9 Å². The second-order valence-corrected chi connectivity index (χ2v) is 3.80. The molecule has 1 heterocycles. The molecule has 10 nitrogen and oxygen atoms in total. The van der Waals surface area contributed by atoms with Crippen LogP contribution in [0.15, 0.2) is 0 Å². The molecule has 19 heavy (non-hydrogen) atoms. The van der Waals surface area contributed by atoms with Crippen LogP contribution in [-0.2, 0) is 16.6 Å². The van der Waals surface area contributed by atoms with E-state index in [1.807, 2.05) is 0 Å². The van der Waals surface area contributed by atoms with E-state index in [4.69, 9.17) is 10.2 Å². The zero-order valence-electron chi connectivity index (χ0n) is 10.2. The molecule has 0 aliphatic rings. The molecule has 0 aliphatic heterocycles. The van der Waals surface area contributed by atoms with Gasteiger partial charge in [-0.15, -0.1) is 0 Å². The van der Waals surface area contributed by atoms with E-state index in [2.05, 4.69) is 10.4 Å². The minimum Gasteiger partial charge on any atom is -0.481 e. The maximum absolute atomic E-state index is 10.9. The summed E-state index contributed by atoms with van der Waals surface area (Å²) in [6, 6.07) is -1.48. The molecule has 0 aliphatic carbocycles. The summed E-state index contributed by atoms with van der Waals surface area (Å²) in [7, 11) is 1.39. The Morgan fingerprint density at radius 2 is 2.11 bits per heavy atom. The first-order chi connectivity index (χ1) is 8.73. The molecule has 104 valence electrons. The molecule has 10 heteroatoms. The lowest BCUT2D eigenvalue weighted by Crippen LogP contribution is -2.32. The average Bonchev–Trinajstić information content (AvgIpc) is 2.51. The van der Waals surface area contributed by atoms with Gasteiger partial charge in [0.1, 0.15) is 11.7 Å². The van der Waals surface area contributed by atoms with Crippen molar-refractivity contribution in [1.29, 1.82) is 0 Å². The molecular weight excluding hydrogens is 260 g/mol. The predicted octanol–water partition coefficient (Wildman–Crippen LogP) is -0.0235. The molecular formula is C9H12N4O6. The second-order valence-electron chi connectivity index (χ2n) is 3.80. The minimum atomic E-state index is -1.48. The smallest absolute Gasteiger partial charge is 0.333 e. The zero-order valence-corrected chi connectivity index (χ0v) is 10.2. The normalized spacial score (nSPS) is 11.9. The number of hydrogen-bond donors (Lipinski definition) is 3. The monoisotopic (exact) mass is 272 g/mol. The van der Waals surface area contributed by atoms with Crippen LogP contribution in [0, 0.1) is 17.0 Å². The van der Waals surface area contributed by atoms with Crippen molar-refractivity contribution in [2.45, 2.75) is 19.4 Å². The number of aryl methyl sites for hydroxylation is 2. The number of anilines is 1. The van der Waals surface area contributed by atoms with Crippen molar-refractivity contribution < 1.29 is 24.7 Å². The van der Waals surface area contributed by atoms with Gasteiger partial charge in [-0.2, -0.15) is 5.10 Å². The number of rotatable bonds is 6. The van der Waals surface area contributed by atoms with Crippen molar-refractivity contribution >= 4 is 23.4 Å². The van der Waals surface area contributed by atoms with Crippen LogP contribution in [0.4, 0.5) is 11.5 Å². The number of carbonyl (C=O) groups is 2. The molecule has 0 saturated carbocycles. The predicted molar refractivity (Wildman–Crippen MR) is 61.9 cm³/mol. The molecule has 0 spiro atoms. The number of carboxylic acids is 2. The van der Waals surface area contributed by atoms with E-state index in [0.29, 0.717) is 0 Å². The van der Waals surface area contributed by atoms with Crippen LogP contribution in [0.5, 0.6) is 0 Å². The summed E-state index contributed by atoms with van der Waals surface area (Å²) < 4.78 is 1.10. The zero-order chi connectivity index (χ0) is 14.7. The molecule has 1 aromatic heterocycles.